The molecule has 4 nitrogen and oxygen atoms in total. The minimum atomic E-state index is -4.44. The number of nitrogen functional groups attached to an aromatic ring is 1. The Morgan fingerprint density at radius 2 is 1.79 bits per heavy atom. The highest BCUT2D eigenvalue weighted by atomic mass is 19.4. The summed E-state index contributed by atoms with van der Waals surface area (Å²) < 4.78 is 49.1. The molecule has 3 aromatic rings. The van der Waals surface area contributed by atoms with Gasteiger partial charge >= 0.3 is 6.18 Å². The second-order valence-electron chi connectivity index (χ2n) is 5.03. The van der Waals surface area contributed by atoms with Crippen LogP contribution in [0.5, 0.6) is 17.4 Å². The van der Waals surface area contributed by atoms with Crippen molar-refractivity contribution in [2.75, 3.05) is 12.8 Å². The van der Waals surface area contributed by atoms with Gasteiger partial charge in [0.15, 0.2) is 0 Å². The molecule has 0 saturated heterocycles. The van der Waals surface area contributed by atoms with E-state index in [0.717, 1.165) is 12.1 Å². The van der Waals surface area contributed by atoms with E-state index in [4.69, 9.17) is 15.2 Å². The van der Waals surface area contributed by atoms with E-state index in [1.807, 2.05) is 0 Å². The lowest BCUT2D eigenvalue weighted by molar-refractivity contribution is -0.137. The predicted octanol–water partition coefficient (Wildman–Crippen LogP) is 4.64. The lowest BCUT2D eigenvalue weighted by Crippen LogP contribution is -2.04. The highest BCUT2D eigenvalue weighted by Gasteiger charge is 2.30. The van der Waals surface area contributed by atoms with Gasteiger partial charge in [-0.05, 0) is 30.3 Å². The molecule has 7 heteroatoms. The number of fused-ring (bicyclic) bond motifs is 1. The van der Waals surface area contributed by atoms with Crippen LogP contribution in [0.3, 0.4) is 0 Å². The number of hydrogen-bond donors (Lipinski definition) is 1. The average Bonchev–Trinajstić information content (AvgIpc) is 2.54. The Kier molecular flexibility index (Phi) is 3.92. The van der Waals surface area contributed by atoms with E-state index in [9.17, 15) is 13.2 Å². The van der Waals surface area contributed by atoms with Gasteiger partial charge in [-0.3, -0.25) is 0 Å². The first-order valence-corrected chi connectivity index (χ1v) is 6.97. The fraction of sp³-hybridized carbons (Fsp3) is 0.118. The van der Waals surface area contributed by atoms with Gasteiger partial charge < -0.3 is 15.2 Å². The van der Waals surface area contributed by atoms with E-state index in [0.29, 0.717) is 28.2 Å². The van der Waals surface area contributed by atoms with Gasteiger partial charge in [0.25, 0.3) is 0 Å². The number of methoxy groups -OCH3 is 1. The second kappa shape index (κ2) is 5.92. The van der Waals surface area contributed by atoms with Gasteiger partial charge in [0.05, 0.1) is 29.3 Å². The number of alkyl halides is 3. The zero-order chi connectivity index (χ0) is 17.3. The first-order valence-electron chi connectivity index (χ1n) is 6.97. The van der Waals surface area contributed by atoms with Gasteiger partial charge in [-0.15, -0.1) is 0 Å². The van der Waals surface area contributed by atoms with E-state index in [-0.39, 0.29) is 5.75 Å². The number of anilines is 1. The molecule has 2 aromatic carbocycles. The highest BCUT2D eigenvalue weighted by molar-refractivity contribution is 5.96. The number of hydrogen-bond acceptors (Lipinski definition) is 4. The minimum Gasteiger partial charge on any atom is -0.481 e. The summed E-state index contributed by atoms with van der Waals surface area (Å²) >= 11 is 0. The molecule has 0 atom stereocenters. The number of aromatic nitrogens is 1. The Labute approximate surface area is 135 Å². The summed E-state index contributed by atoms with van der Waals surface area (Å²) in [4.78, 5) is 4.25. The highest BCUT2D eigenvalue weighted by Crippen LogP contribution is 2.37. The quantitative estimate of drug-likeness (QED) is 0.758. The van der Waals surface area contributed by atoms with Crippen LogP contribution in [-0.2, 0) is 6.18 Å². The van der Waals surface area contributed by atoms with Gasteiger partial charge in [0, 0.05) is 6.07 Å². The molecular formula is C17H13F3N2O2. The lowest BCUT2D eigenvalue weighted by atomic mass is 10.1. The largest absolute Gasteiger partial charge is 0.481 e. The van der Waals surface area contributed by atoms with Crippen molar-refractivity contribution in [2.45, 2.75) is 6.18 Å². The fourth-order valence-electron chi connectivity index (χ4n) is 2.31. The van der Waals surface area contributed by atoms with Crippen molar-refractivity contribution in [1.82, 2.24) is 4.98 Å². The van der Waals surface area contributed by atoms with E-state index < -0.39 is 11.7 Å². The summed E-state index contributed by atoms with van der Waals surface area (Å²) in [5, 5.41) is 0.510. The number of benzene rings is 2. The van der Waals surface area contributed by atoms with Crippen LogP contribution in [0.15, 0.2) is 48.5 Å². The maximum Gasteiger partial charge on any atom is 0.416 e. The van der Waals surface area contributed by atoms with Crippen LogP contribution < -0.4 is 15.2 Å². The van der Waals surface area contributed by atoms with Crippen molar-refractivity contribution < 1.29 is 22.6 Å². The smallest absolute Gasteiger partial charge is 0.416 e. The summed E-state index contributed by atoms with van der Waals surface area (Å²) in [5.41, 5.74) is 6.11. The lowest BCUT2D eigenvalue weighted by Gasteiger charge is -2.13. The minimum absolute atomic E-state index is 0.0625. The number of rotatable bonds is 3. The molecule has 0 spiro atoms. The normalized spacial score (nSPS) is 11.5. The van der Waals surface area contributed by atoms with Gasteiger partial charge in [-0.1, -0.05) is 12.1 Å². The van der Waals surface area contributed by atoms with E-state index in [2.05, 4.69) is 4.98 Å². The van der Waals surface area contributed by atoms with Crippen molar-refractivity contribution in [2.24, 2.45) is 0 Å². The zero-order valence-electron chi connectivity index (χ0n) is 12.6. The molecule has 1 aromatic heterocycles. The van der Waals surface area contributed by atoms with Gasteiger partial charge in [-0.2, -0.15) is 13.2 Å². The first kappa shape index (κ1) is 15.9. The number of nitrogens with zero attached hydrogens (tertiary/aromatic N) is 1. The van der Waals surface area contributed by atoms with Gasteiger partial charge in [-0.25, -0.2) is 4.98 Å². The molecule has 2 N–H and O–H groups in total. The number of nitrogens with two attached hydrogens (primary N) is 1. The molecule has 1 heterocycles. The molecule has 0 unspecified atom stereocenters. The van der Waals surface area contributed by atoms with Crippen LogP contribution in [-0.4, -0.2) is 12.1 Å². The number of pyridine rings is 1. The standard InChI is InChI=1S/C17H13F3N2O2/c1-23-15-9-12(21)16-13(22-15)6-3-7-14(16)24-11-5-2-4-10(8-11)17(18,19)20/h2-9H,1H3,(H2,21,22). The van der Waals surface area contributed by atoms with E-state index >= 15 is 0 Å². The van der Waals surface area contributed by atoms with Crippen LogP contribution >= 0.6 is 0 Å². The summed E-state index contributed by atoms with van der Waals surface area (Å²) in [6.45, 7) is 0. The molecule has 124 valence electrons. The molecule has 0 bridgehead atoms. The average molecular weight is 334 g/mol. The molecule has 0 amide bonds. The van der Waals surface area contributed by atoms with Crippen molar-refractivity contribution in [3.63, 3.8) is 0 Å². The molecular weight excluding hydrogens is 321 g/mol. The van der Waals surface area contributed by atoms with Crippen molar-refractivity contribution in [3.8, 4) is 17.4 Å². The van der Waals surface area contributed by atoms with Crippen LogP contribution in [0.2, 0.25) is 0 Å². The molecule has 0 fully saturated rings. The maximum absolute atomic E-state index is 12.8. The third kappa shape index (κ3) is 3.05. The summed E-state index contributed by atoms with van der Waals surface area (Å²) in [6.07, 6.45) is -4.44. The van der Waals surface area contributed by atoms with Gasteiger partial charge in [0.2, 0.25) is 5.88 Å². The third-order valence-corrected chi connectivity index (χ3v) is 3.40. The summed E-state index contributed by atoms with van der Waals surface area (Å²) in [7, 11) is 1.47. The van der Waals surface area contributed by atoms with Gasteiger partial charge in [0.1, 0.15) is 11.5 Å². The van der Waals surface area contributed by atoms with E-state index in [1.54, 1.807) is 18.2 Å². The Morgan fingerprint density at radius 1 is 1.04 bits per heavy atom. The van der Waals surface area contributed by atoms with Crippen molar-refractivity contribution in [3.05, 3.63) is 54.1 Å². The van der Waals surface area contributed by atoms with E-state index in [1.165, 1.54) is 25.3 Å². The predicted molar refractivity (Wildman–Crippen MR) is 84.2 cm³/mol. The second-order valence-corrected chi connectivity index (χ2v) is 5.03. The molecule has 0 aliphatic heterocycles. The summed E-state index contributed by atoms with van der Waals surface area (Å²) in [5.74, 6) is 0.725. The molecule has 0 aliphatic rings. The molecule has 0 saturated carbocycles. The number of ether oxygens (including phenoxy) is 2. The summed E-state index contributed by atoms with van der Waals surface area (Å²) in [6, 6.07) is 11.2. The molecule has 3 rings (SSSR count). The number of halogens is 3. The Bertz CT molecular complexity index is 895. The molecule has 0 aliphatic carbocycles. The zero-order valence-corrected chi connectivity index (χ0v) is 12.6. The topological polar surface area (TPSA) is 57.4 Å². The Balaban J connectivity index is 2.05. The van der Waals surface area contributed by atoms with Crippen LogP contribution in [0.1, 0.15) is 5.56 Å². The SMILES string of the molecule is COc1cc(N)c2c(Oc3cccc(C(F)(F)F)c3)cccc2n1. The van der Waals surface area contributed by atoms with Crippen LogP contribution in [0.25, 0.3) is 10.9 Å². The first-order chi connectivity index (χ1) is 11.4. The van der Waals surface area contributed by atoms with Crippen molar-refractivity contribution >= 4 is 16.6 Å². The molecule has 24 heavy (non-hydrogen) atoms. The van der Waals surface area contributed by atoms with Crippen LogP contribution in [0.4, 0.5) is 18.9 Å². The Hall–Kier alpha value is -2.96. The third-order valence-electron chi connectivity index (χ3n) is 3.40. The Morgan fingerprint density at radius 3 is 2.50 bits per heavy atom. The monoisotopic (exact) mass is 334 g/mol. The maximum atomic E-state index is 12.8. The molecule has 0 radical (unpaired) electrons. The fourth-order valence-corrected chi connectivity index (χ4v) is 2.31. The van der Waals surface area contributed by atoms with Crippen LogP contribution in [0, 0.1) is 0 Å². The van der Waals surface area contributed by atoms with Crippen molar-refractivity contribution in [1.29, 1.82) is 0 Å².